The minimum absolute atomic E-state index is 0.106. The molecular weight excluding hydrogens is 246 g/mol. The average molecular weight is 258 g/mol. The molecule has 1 heterocycles. The first kappa shape index (κ1) is 12.8. The largest absolute Gasteiger partial charge is 0.496 e. The van der Waals surface area contributed by atoms with Crippen LogP contribution in [0.1, 0.15) is 10.6 Å². The van der Waals surface area contributed by atoms with E-state index < -0.39 is 5.91 Å². The number of carbonyl (C=O) groups excluding carboxylic acids is 1. The third-order valence-electron chi connectivity index (χ3n) is 2.50. The van der Waals surface area contributed by atoms with Gasteiger partial charge in [-0.25, -0.2) is 9.97 Å². The molecule has 1 radical (unpaired) electrons. The molecule has 1 aromatic carbocycles. The van der Waals surface area contributed by atoms with Crippen molar-refractivity contribution in [2.45, 2.75) is 0 Å². The second-order valence-electron chi connectivity index (χ2n) is 3.61. The number of hydrogen-bond donors (Lipinski definition) is 1. The Kier molecular flexibility index (Phi) is 3.61. The number of carbonyl (C=O) groups is 1. The molecule has 2 aromatic rings. The molecule has 0 aliphatic carbocycles. The summed E-state index contributed by atoms with van der Waals surface area (Å²) in [6.45, 7) is 0. The number of amides is 1. The summed E-state index contributed by atoms with van der Waals surface area (Å²) in [5.74, 6) is 0.321. The number of nitrogens with two attached hydrogens (primary N) is 1. The zero-order valence-corrected chi connectivity index (χ0v) is 10.5. The molecule has 2 N–H and O–H groups in total. The van der Waals surface area contributed by atoms with Crippen LogP contribution in [-0.2, 0) is 0 Å². The standard InChI is InChI=1S/C13H12N3O3/c1-18-9-4-3-5-10(19-2)11(9)8-6-7-15-13(16-8)12(14)17/h3-6H,1-2H3,(H2,14,17). The summed E-state index contributed by atoms with van der Waals surface area (Å²) in [4.78, 5) is 18.9. The third kappa shape index (κ3) is 2.47. The van der Waals surface area contributed by atoms with Crippen LogP contribution in [0, 0.1) is 6.20 Å². The lowest BCUT2D eigenvalue weighted by Crippen LogP contribution is -2.15. The van der Waals surface area contributed by atoms with Crippen LogP contribution in [-0.4, -0.2) is 30.1 Å². The van der Waals surface area contributed by atoms with Crippen LogP contribution in [0.25, 0.3) is 11.3 Å². The molecule has 1 aromatic heterocycles. The molecule has 0 atom stereocenters. The number of ether oxygens (including phenoxy) is 2. The van der Waals surface area contributed by atoms with Crippen LogP contribution in [0.2, 0.25) is 0 Å². The number of rotatable bonds is 4. The van der Waals surface area contributed by atoms with Crippen molar-refractivity contribution in [3.63, 3.8) is 0 Å². The lowest BCUT2D eigenvalue weighted by atomic mass is 10.1. The molecule has 0 spiro atoms. The van der Waals surface area contributed by atoms with Gasteiger partial charge >= 0.3 is 0 Å². The summed E-state index contributed by atoms with van der Waals surface area (Å²) in [6, 6.07) is 6.86. The monoisotopic (exact) mass is 258 g/mol. The molecular formula is C13H12N3O3. The molecule has 1 amide bonds. The maximum atomic E-state index is 11.1. The Labute approximate surface area is 110 Å². The SMILES string of the molecule is COc1cccc(OC)c1-c1c[c]nc(C(N)=O)n1. The van der Waals surface area contributed by atoms with Crippen molar-refractivity contribution >= 4 is 5.91 Å². The fourth-order valence-corrected chi connectivity index (χ4v) is 1.67. The first-order chi connectivity index (χ1) is 9.17. The third-order valence-corrected chi connectivity index (χ3v) is 2.50. The second-order valence-corrected chi connectivity index (χ2v) is 3.61. The quantitative estimate of drug-likeness (QED) is 0.886. The van der Waals surface area contributed by atoms with Gasteiger partial charge in [-0.1, -0.05) is 6.07 Å². The molecule has 0 unspecified atom stereocenters. The minimum atomic E-state index is -0.716. The summed E-state index contributed by atoms with van der Waals surface area (Å²) in [5, 5.41) is 0. The van der Waals surface area contributed by atoms with Crippen LogP contribution in [0.5, 0.6) is 11.5 Å². The van der Waals surface area contributed by atoms with E-state index >= 15 is 0 Å². The zero-order chi connectivity index (χ0) is 13.8. The van der Waals surface area contributed by atoms with Gasteiger partial charge in [0, 0.05) is 0 Å². The number of benzene rings is 1. The lowest BCUT2D eigenvalue weighted by Gasteiger charge is -2.12. The van der Waals surface area contributed by atoms with E-state index in [0.717, 1.165) is 0 Å². The van der Waals surface area contributed by atoms with Gasteiger partial charge in [0.2, 0.25) is 5.82 Å². The van der Waals surface area contributed by atoms with Gasteiger partial charge in [0.05, 0.1) is 31.7 Å². The number of hydrogen-bond acceptors (Lipinski definition) is 5. The van der Waals surface area contributed by atoms with Crippen LogP contribution in [0.4, 0.5) is 0 Å². The van der Waals surface area contributed by atoms with Crippen molar-refractivity contribution in [3.05, 3.63) is 36.3 Å². The molecule has 0 saturated carbocycles. The molecule has 97 valence electrons. The topological polar surface area (TPSA) is 87.3 Å². The highest BCUT2D eigenvalue weighted by Gasteiger charge is 2.15. The fourth-order valence-electron chi connectivity index (χ4n) is 1.67. The lowest BCUT2D eigenvalue weighted by molar-refractivity contribution is 0.0990. The van der Waals surface area contributed by atoms with Gasteiger partial charge in [-0.15, -0.1) is 0 Å². The van der Waals surface area contributed by atoms with Crippen molar-refractivity contribution in [3.8, 4) is 22.8 Å². The number of nitrogens with zero attached hydrogens (tertiary/aromatic N) is 2. The molecule has 19 heavy (non-hydrogen) atoms. The van der Waals surface area contributed by atoms with Crippen LogP contribution >= 0.6 is 0 Å². The molecule has 0 aliphatic heterocycles. The van der Waals surface area contributed by atoms with Gasteiger partial charge in [-0.3, -0.25) is 4.79 Å². The molecule has 0 aliphatic rings. The van der Waals surface area contributed by atoms with E-state index in [9.17, 15) is 4.79 Å². The number of methoxy groups -OCH3 is 2. The normalized spacial score (nSPS) is 10.0. The van der Waals surface area contributed by atoms with Gasteiger partial charge in [0.15, 0.2) is 0 Å². The Morgan fingerprint density at radius 1 is 1.26 bits per heavy atom. The van der Waals surface area contributed by atoms with Crippen molar-refractivity contribution in [2.75, 3.05) is 14.2 Å². The molecule has 6 heteroatoms. The van der Waals surface area contributed by atoms with Crippen LogP contribution in [0.3, 0.4) is 0 Å². The predicted octanol–water partition coefficient (Wildman–Crippen LogP) is 1.06. The molecule has 0 saturated heterocycles. The fraction of sp³-hybridized carbons (Fsp3) is 0.154. The minimum Gasteiger partial charge on any atom is -0.496 e. The van der Waals surface area contributed by atoms with E-state index in [1.807, 2.05) is 0 Å². The number of primary amides is 1. The summed E-state index contributed by atoms with van der Waals surface area (Å²) in [6.07, 6.45) is 2.59. The zero-order valence-electron chi connectivity index (χ0n) is 10.5. The molecule has 0 fully saturated rings. The Bertz CT molecular complexity index is 592. The van der Waals surface area contributed by atoms with E-state index in [2.05, 4.69) is 16.2 Å². The van der Waals surface area contributed by atoms with Gasteiger partial charge in [-0.05, 0) is 18.2 Å². The van der Waals surface area contributed by atoms with Crippen molar-refractivity contribution in [2.24, 2.45) is 5.73 Å². The first-order valence-electron chi connectivity index (χ1n) is 5.43. The summed E-state index contributed by atoms with van der Waals surface area (Å²) < 4.78 is 10.5. The Morgan fingerprint density at radius 3 is 2.42 bits per heavy atom. The van der Waals surface area contributed by atoms with Crippen molar-refractivity contribution < 1.29 is 14.3 Å². The average Bonchev–Trinajstić information content (AvgIpc) is 2.46. The van der Waals surface area contributed by atoms with Crippen molar-refractivity contribution in [1.29, 1.82) is 0 Å². The van der Waals surface area contributed by atoms with Crippen molar-refractivity contribution in [1.82, 2.24) is 9.97 Å². The van der Waals surface area contributed by atoms with E-state index in [0.29, 0.717) is 22.8 Å². The van der Waals surface area contributed by atoms with Crippen LogP contribution in [0.15, 0.2) is 24.3 Å². The summed E-state index contributed by atoms with van der Waals surface area (Å²) in [5.41, 5.74) is 6.23. The van der Waals surface area contributed by atoms with E-state index in [1.165, 1.54) is 20.3 Å². The molecule has 2 rings (SSSR count). The van der Waals surface area contributed by atoms with Crippen LogP contribution < -0.4 is 15.2 Å². The first-order valence-corrected chi connectivity index (χ1v) is 5.43. The number of aromatic nitrogens is 2. The van der Waals surface area contributed by atoms with Gasteiger partial charge in [-0.2, -0.15) is 0 Å². The summed E-state index contributed by atoms with van der Waals surface area (Å²) >= 11 is 0. The van der Waals surface area contributed by atoms with Gasteiger partial charge in [0.1, 0.15) is 11.5 Å². The molecule has 0 bridgehead atoms. The Morgan fingerprint density at radius 2 is 1.89 bits per heavy atom. The van der Waals surface area contributed by atoms with E-state index in [-0.39, 0.29) is 5.82 Å². The van der Waals surface area contributed by atoms with Gasteiger partial charge < -0.3 is 15.2 Å². The highest BCUT2D eigenvalue weighted by molar-refractivity contribution is 5.89. The van der Waals surface area contributed by atoms with E-state index in [4.69, 9.17) is 15.2 Å². The Balaban J connectivity index is 2.63. The van der Waals surface area contributed by atoms with Gasteiger partial charge in [0.25, 0.3) is 5.91 Å². The summed E-state index contributed by atoms with van der Waals surface area (Å²) in [7, 11) is 3.08. The maximum Gasteiger partial charge on any atom is 0.286 e. The smallest absolute Gasteiger partial charge is 0.286 e. The Hall–Kier alpha value is -2.63. The maximum absolute atomic E-state index is 11.1. The predicted molar refractivity (Wildman–Crippen MR) is 67.9 cm³/mol. The van der Waals surface area contributed by atoms with E-state index in [1.54, 1.807) is 18.2 Å². The highest BCUT2D eigenvalue weighted by atomic mass is 16.5. The second kappa shape index (κ2) is 5.34. The highest BCUT2D eigenvalue weighted by Crippen LogP contribution is 2.36. The molecule has 6 nitrogen and oxygen atoms in total.